The number of rotatable bonds is 7. The molecule has 0 saturated carbocycles. The summed E-state index contributed by atoms with van der Waals surface area (Å²) in [5, 5.41) is 9.32. The molecule has 0 aromatic rings. The molecular formula is C14H28O. The van der Waals surface area contributed by atoms with Crippen LogP contribution in [-0.4, -0.2) is 11.7 Å². The summed E-state index contributed by atoms with van der Waals surface area (Å²) in [7, 11) is 0. The van der Waals surface area contributed by atoms with E-state index in [1.54, 1.807) is 0 Å². The van der Waals surface area contributed by atoms with Gasteiger partial charge in [-0.15, -0.1) is 0 Å². The van der Waals surface area contributed by atoms with Crippen LogP contribution < -0.4 is 0 Å². The third-order valence-electron chi connectivity index (χ3n) is 3.84. The summed E-state index contributed by atoms with van der Waals surface area (Å²) in [5.41, 5.74) is 1.47. The van der Waals surface area contributed by atoms with Crippen LogP contribution in [0.4, 0.5) is 0 Å². The van der Waals surface area contributed by atoms with E-state index in [2.05, 4.69) is 40.7 Å². The Morgan fingerprint density at radius 1 is 1.20 bits per heavy atom. The first kappa shape index (κ1) is 14.7. The second-order valence-electron chi connectivity index (χ2n) is 4.69. The topological polar surface area (TPSA) is 20.2 Å². The lowest BCUT2D eigenvalue weighted by Gasteiger charge is -2.26. The molecule has 0 rings (SSSR count). The van der Waals surface area contributed by atoms with Crippen molar-refractivity contribution in [3.8, 4) is 0 Å². The molecule has 0 aliphatic heterocycles. The van der Waals surface area contributed by atoms with E-state index in [9.17, 15) is 5.11 Å². The van der Waals surface area contributed by atoms with Crippen LogP contribution in [0.2, 0.25) is 0 Å². The molecule has 0 spiro atoms. The van der Waals surface area contributed by atoms with Gasteiger partial charge in [0, 0.05) is 6.61 Å². The van der Waals surface area contributed by atoms with Crippen molar-refractivity contribution < 1.29 is 5.11 Å². The van der Waals surface area contributed by atoms with Crippen LogP contribution in [0.15, 0.2) is 11.6 Å². The Kier molecular flexibility index (Phi) is 7.76. The van der Waals surface area contributed by atoms with Crippen LogP contribution in [0.25, 0.3) is 0 Å². The van der Waals surface area contributed by atoms with Crippen molar-refractivity contribution >= 4 is 0 Å². The van der Waals surface area contributed by atoms with Gasteiger partial charge in [-0.25, -0.2) is 0 Å². The Hall–Kier alpha value is -0.300. The van der Waals surface area contributed by atoms with E-state index in [1.807, 2.05) is 0 Å². The predicted molar refractivity (Wildman–Crippen MR) is 67.9 cm³/mol. The molecule has 1 nitrogen and oxygen atoms in total. The molecule has 0 saturated heterocycles. The fourth-order valence-corrected chi connectivity index (χ4v) is 2.23. The van der Waals surface area contributed by atoms with Crippen LogP contribution in [0.5, 0.6) is 0 Å². The van der Waals surface area contributed by atoms with Gasteiger partial charge in [0.05, 0.1) is 0 Å². The third kappa shape index (κ3) is 4.83. The van der Waals surface area contributed by atoms with Crippen LogP contribution in [-0.2, 0) is 0 Å². The highest BCUT2D eigenvalue weighted by atomic mass is 16.3. The quantitative estimate of drug-likeness (QED) is 0.632. The zero-order valence-electron chi connectivity index (χ0n) is 11.1. The fourth-order valence-electron chi connectivity index (χ4n) is 2.23. The molecular weight excluding hydrogens is 184 g/mol. The number of hydrogen-bond donors (Lipinski definition) is 1. The highest BCUT2D eigenvalue weighted by Gasteiger charge is 2.20. The van der Waals surface area contributed by atoms with Gasteiger partial charge in [0.2, 0.25) is 0 Å². The molecule has 0 amide bonds. The van der Waals surface area contributed by atoms with E-state index >= 15 is 0 Å². The van der Waals surface area contributed by atoms with Crippen molar-refractivity contribution in [3.05, 3.63) is 11.6 Å². The van der Waals surface area contributed by atoms with Crippen molar-refractivity contribution in [2.75, 3.05) is 6.61 Å². The first-order valence-electron chi connectivity index (χ1n) is 6.34. The van der Waals surface area contributed by atoms with E-state index in [0.717, 1.165) is 6.42 Å². The van der Waals surface area contributed by atoms with Gasteiger partial charge in [-0.3, -0.25) is 0 Å². The van der Waals surface area contributed by atoms with Crippen LogP contribution in [0.3, 0.4) is 0 Å². The Morgan fingerprint density at radius 3 is 2.07 bits per heavy atom. The maximum atomic E-state index is 9.32. The SMILES string of the molecule is CC=C(C)C(C)CC(CC)C(CC)CO. The van der Waals surface area contributed by atoms with Crippen molar-refractivity contribution in [2.45, 2.75) is 53.9 Å². The van der Waals surface area contributed by atoms with Crippen LogP contribution in [0, 0.1) is 17.8 Å². The first-order valence-corrected chi connectivity index (χ1v) is 6.34. The highest BCUT2D eigenvalue weighted by Crippen LogP contribution is 2.28. The van der Waals surface area contributed by atoms with Crippen molar-refractivity contribution in [3.63, 3.8) is 0 Å². The molecule has 0 aliphatic carbocycles. The third-order valence-corrected chi connectivity index (χ3v) is 3.84. The Balaban J connectivity index is 4.31. The average Bonchev–Trinajstić information content (AvgIpc) is 2.27. The maximum absolute atomic E-state index is 9.32. The van der Waals surface area contributed by atoms with E-state index in [-0.39, 0.29) is 0 Å². The van der Waals surface area contributed by atoms with E-state index in [1.165, 1.54) is 18.4 Å². The van der Waals surface area contributed by atoms with Crippen molar-refractivity contribution in [2.24, 2.45) is 17.8 Å². The lowest BCUT2D eigenvalue weighted by Crippen LogP contribution is -2.20. The second kappa shape index (κ2) is 7.92. The normalized spacial score (nSPS) is 18.7. The Labute approximate surface area is 95.6 Å². The predicted octanol–water partition coefficient (Wildman–Crippen LogP) is 4.02. The minimum atomic E-state index is 0.344. The molecule has 15 heavy (non-hydrogen) atoms. The molecule has 3 atom stereocenters. The zero-order valence-corrected chi connectivity index (χ0v) is 11.1. The molecule has 0 aromatic carbocycles. The molecule has 0 bridgehead atoms. The number of aliphatic hydroxyl groups is 1. The van der Waals surface area contributed by atoms with Gasteiger partial charge in [0.15, 0.2) is 0 Å². The molecule has 1 heteroatoms. The first-order chi connectivity index (χ1) is 7.10. The second-order valence-corrected chi connectivity index (χ2v) is 4.69. The maximum Gasteiger partial charge on any atom is 0.0461 e. The molecule has 0 radical (unpaired) electrons. The summed E-state index contributed by atoms with van der Waals surface area (Å²) in [5.74, 6) is 1.81. The van der Waals surface area contributed by atoms with E-state index < -0.39 is 0 Å². The minimum absolute atomic E-state index is 0.344. The largest absolute Gasteiger partial charge is 0.396 e. The van der Waals surface area contributed by atoms with Crippen molar-refractivity contribution in [1.82, 2.24) is 0 Å². The highest BCUT2D eigenvalue weighted by molar-refractivity contribution is 5.00. The van der Waals surface area contributed by atoms with Gasteiger partial charge in [0.25, 0.3) is 0 Å². The number of allylic oxidation sites excluding steroid dienone is 2. The smallest absolute Gasteiger partial charge is 0.0461 e. The average molecular weight is 212 g/mol. The molecule has 0 fully saturated rings. The van der Waals surface area contributed by atoms with Crippen LogP contribution >= 0.6 is 0 Å². The monoisotopic (exact) mass is 212 g/mol. The van der Waals surface area contributed by atoms with Gasteiger partial charge in [0.1, 0.15) is 0 Å². The summed E-state index contributed by atoms with van der Waals surface area (Å²) in [4.78, 5) is 0. The lowest BCUT2D eigenvalue weighted by atomic mass is 9.80. The summed E-state index contributed by atoms with van der Waals surface area (Å²) in [6.45, 7) is 11.4. The number of aliphatic hydroxyl groups excluding tert-OH is 1. The Bertz CT molecular complexity index is 180. The molecule has 1 N–H and O–H groups in total. The molecule has 90 valence electrons. The fraction of sp³-hybridized carbons (Fsp3) is 0.857. The minimum Gasteiger partial charge on any atom is -0.396 e. The standard InChI is InChI=1S/C14H28O/c1-6-11(4)12(5)9-13(7-2)14(8-3)10-15/h6,12-15H,7-10H2,1-5H3. The lowest BCUT2D eigenvalue weighted by molar-refractivity contribution is 0.154. The van der Waals surface area contributed by atoms with Gasteiger partial charge in [-0.2, -0.15) is 0 Å². The summed E-state index contributed by atoms with van der Waals surface area (Å²) >= 11 is 0. The molecule has 3 unspecified atom stereocenters. The van der Waals surface area contributed by atoms with Gasteiger partial charge < -0.3 is 5.11 Å². The van der Waals surface area contributed by atoms with Crippen molar-refractivity contribution in [1.29, 1.82) is 0 Å². The van der Waals surface area contributed by atoms with E-state index in [4.69, 9.17) is 0 Å². The van der Waals surface area contributed by atoms with Crippen LogP contribution in [0.1, 0.15) is 53.9 Å². The molecule has 0 heterocycles. The molecule has 0 aromatic heterocycles. The summed E-state index contributed by atoms with van der Waals surface area (Å²) < 4.78 is 0. The summed E-state index contributed by atoms with van der Waals surface area (Å²) in [6.07, 6.45) is 5.69. The van der Waals surface area contributed by atoms with Gasteiger partial charge in [-0.05, 0) is 38.0 Å². The van der Waals surface area contributed by atoms with Gasteiger partial charge in [-0.1, -0.05) is 45.3 Å². The van der Waals surface area contributed by atoms with Gasteiger partial charge >= 0.3 is 0 Å². The number of hydrogen-bond acceptors (Lipinski definition) is 1. The zero-order chi connectivity index (χ0) is 11.8. The summed E-state index contributed by atoms with van der Waals surface area (Å²) in [6, 6.07) is 0. The Morgan fingerprint density at radius 2 is 1.73 bits per heavy atom. The van der Waals surface area contributed by atoms with E-state index in [0.29, 0.717) is 24.4 Å². The molecule has 0 aliphatic rings.